The molecular formula is C40H24BN3S. The molecule has 0 spiro atoms. The number of aromatic nitrogens is 2. The van der Waals surface area contributed by atoms with Gasteiger partial charge in [-0.05, 0) is 59.5 Å². The third kappa shape index (κ3) is 2.92. The second-order valence-corrected chi connectivity index (χ2v) is 13.0. The number of nitrogens with zero attached hydrogens (tertiary/aromatic N) is 3. The van der Waals surface area contributed by atoms with E-state index in [1.165, 1.54) is 87.7 Å². The van der Waals surface area contributed by atoms with E-state index in [1.54, 1.807) is 0 Å². The van der Waals surface area contributed by atoms with Gasteiger partial charge in [-0.3, -0.25) is 0 Å². The number of hydrogen-bond donors (Lipinski definition) is 0. The SMILES string of the molecule is c1ccc(N2c3ccccc3B3c4c2csc4-c2cc4c(c5ccccc5n4-c4ccccc4)c4c5ccccc5n3c24)cc1. The highest BCUT2D eigenvalue weighted by Crippen LogP contribution is 2.51. The molecule has 3 aromatic heterocycles. The van der Waals surface area contributed by atoms with Gasteiger partial charge in [0.15, 0.2) is 0 Å². The minimum absolute atomic E-state index is 0.0900. The second-order valence-electron chi connectivity index (χ2n) is 12.1. The third-order valence-electron chi connectivity index (χ3n) is 9.94. The van der Waals surface area contributed by atoms with Crippen molar-refractivity contribution in [3.8, 4) is 16.1 Å². The van der Waals surface area contributed by atoms with Crippen molar-refractivity contribution in [3.05, 3.63) is 145 Å². The van der Waals surface area contributed by atoms with Gasteiger partial charge in [-0.2, -0.15) is 0 Å². The van der Waals surface area contributed by atoms with Crippen LogP contribution in [0.2, 0.25) is 0 Å². The Morgan fingerprint density at radius 2 is 1.18 bits per heavy atom. The van der Waals surface area contributed by atoms with Crippen molar-refractivity contribution < 1.29 is 0 Å². The zero-order chi connectivity index (χ0) is 29.2. The molecule has 0 radical (unpaired) electrons. The van der Waals surface area contributed by atoms with Gasteiger partial charge < -0.3 is 13.9 Å². The Labute approximate surface area is 263 Å². The lowest BCUT2D eigenvalue weighted by Crippen LogP contribution is -2.55. The fraction of sp³-hybridized carbons (Fsp3) is 0. The summed E-state index contributed by atoms with van der Waals surface area (Å²) in [5, 5.41) is 7.68. The summed E-state index contributed by atoms with van der Waals surface area (Å²) in [5.41, 5.74) is 14.1. The molecule has 0 saturated heterocycles. The van der Waals surface area contributed by atoms with Gasteiger partial charge in [-0.1, -0.05) is 91.0 Å². The van der Waals surface area contributed by atoms with Crippen molar-refractivity contribution in [2.24, 2.45) is 0 Å². The Hall–Kier alpha value is -5.52. The maximum absolute atomic E-state index is 2.66. The van der Waals surface area contributed by atoms with Crippen LogP contribution in [0.5, 0.6) is 0 Å². The van der Waals surface area contributed by atoms with Gasteiger partial charge in [0.2, 0.25) is 0 Å². The van der Waals surface area contributed by atoms with Gasteiger partial charge in [0, 0.05) is 65.5 Å². The number of fused-ring (bicyclic) bond motifs is 11. The molecule has 0 fully saturated rings. The van der Waals surface area contributed by atoms with Gasteiger partial charge >= 0.3 is 6.85 Å². The van der Waals surface area contributed by atoms with Crippen LogP contribution < -0.4 is 15.8 Å². The summed E-state index contributed by atoms with van der Waals surface area (Å²) in [5.74, 6) is 0. The Kier molecular flexibility index (Phi) is 4.54. The lowest BCUT2D eigenvalue weighted by atomic mass is 9.46. The van der Waals surface area contributed by atoms with Crippen LogP contribution in [0.1, 0.15) is 0 Å². The highest BCUT2D eigenvalue weighted by molar-refractivity contribution is 7.17. The van der Waals surface area contributed by atoms with Crippen molar-refractivity contribution in [2.45, 2.75) is 0 Å². The molecule has 2 aliphatic heterocycles. The molecule has 11 rings (SSSR count). The monoisotopic (exact) mass is 589 g/mol. The average Bonchev–Trinajstić information content (AvgIpc) is 3.79. The van der Waals surface area contributed by atoms with Crippen LogP contribution in [0.4, 0.5) is 17.1 Å². The molecule has 6 aromatic carbocycles. The standard InChI is InChI=1S/C40H24BN3S/c1-3-13-25(14-4-1)42-31-20-10-7-17-27(31)36-34(42)23-29-39-37(36)28-18-8-11-21-32(28)44(39)41-30-19-9-12-22-33(30)43(26-15-5-2-6-16-26)35-24-45-40(29)38(35)41/h1-24H. The number of thiophene rings is 1. The number of para-hydroxylation sites is 5. The van der Waals surface area contributed by atoms with E-state index in [2.05, 4.69) is 159 Å². The summed E-state index contributed by atoms with van der Waals surface area (Å²) in [6.45, 7) is 0.0900. The quantitative estimate of drug-likeness (QED) is 0.183. The van der Waals surface area contributed by atoms with E-state index < -0.39 is 0 Å². The van der Waals surface area contributed by atoms with E-state index in [9.17, 15) is 0 Å². The van der Waals surface area contributed by atoms with Gasteiger partial charge in [-0.25, -0.2) is 0 Å². The first kappa shape index (κ1) is 23.9. The normalized spacial score (nSPS) is 13.2. The number of hydrogen-bond acceptors (Lipinski definition) is 2. The average molecular weight is 590 g/mol. The van der Waals surface area contributed by atoms with Crippen molar-refractivity contribution in [1.29, 1.82) is 0 Å². The van der Waals surface area contributed by atoms with E-state index in [0.29, 0.717) is 0 Å². The lowest BCUT2D eigenvalue weighted by molar-refractivity contribution is 1.18. The molecule has 9 aromatic rings. The topological polar surface area (TPSA) is 13.1 Å². The van der Waals surface area contributed by atoms with Crippen LogP contribution in [0, 0.1) is 0 Å². The predicted octanol–water partition coefficient (Wildman–Crippen LogP) is 9.37. The smallest absolute Gasteiger partial charge is 0.333 e. The van der Waals surface area contributed by atoms with Gasteiger partial charge in [-0.15, -0.1) is 11.3 Å². The van der Waals surface area contributed by atoms with Crippen molar-refractivity contribution in [3.63, 3.8) is 0 Å². The molecule has 3 nitrogen and oxygen atoms in total. The van der Waals surface area contributed by atoms with E-state index in [0.717, 1.165) is 0 Å². The molecule has 0 N–H and O–H groups in total. The highest BCUT2D eigenvalue weighted by Gasteiger charge is 2.44. The highest BCUT2D eigenvalue weighted by atomic mass is 32.1. The minimum atomic E-state index is 0.0900. The second kappa shape index (κ2) is 8.56. The zero-order valence-corrected chi connectivity index (χ0v) is 25.0. The Morgan fingerprint density at radius 1 is 0.533 bits per heavy atom. The first-order valence-electron chi connectivity index (χ1n) is 15.5. The molecule has 0 atom stereocenters. The summed E-state index contributed by atoms with van der Waals surface area (Å²) in [4.78, 5) is 3.84. The maximum atomic E-state index is 2.66. The first-order valence-corrected chi connectivity index (χ1v) is 16.4. The van der Waals surface area contributed by atoms with Crippen molar-refractivity contribution >= 4 is 89.8 Å². The largest absolute Gasteiger partial charge is 0.375 e. The maximum Gasteiger partial charge on any atom is 0.333 e. The molecule has 2 aliphatic rings. The predicted molar refractivity (Wildman–Crippen MR) is 192 cm³/mol. The summed E-state index contributed by atoms with van der Waals surface area (Å²) >= 11 is 1.89. The summed E-state index contributed by atoms with van der Waals surface area (Å²) < 4.78 is 5.12. The molecule has 0 aliphatic carbocycles. The van der Waals surface area contributed by atoms with Crippen LogP contribution in [0.25, 0.3) is 59.7 Å². The van der Waals surface area contributed by atoms with Gasteiger partial charge in [0.05, 0.1) is 16.7 Å². The Balaban J connectivity index is 1.36. The van der Waals surface area contributed by atoms with Crippen LogP contribution in [0.15, 0.2) is 145 Å². The fourth-order valence-electron chi connectivity index (χ4n) is 8.28. The fourth-order valence-corrected chi connectivity index (χ4v) is 9.36. The first-order chi connectivity index (χ1) is 22.4. The Bertz CT molecular complexity index is 2660. The molecule has 0 saturated carbocycles. The summed E-state index contributed by atoms with van der Waals surface area (Å²) in [6.07, 6.45) is 0. The molecule has 5 heteroatoms. The van der Waals surface area contributed by atoms with Crippen LogP contribution in [-0.4, -0.2) is 15.9 Å². The molecule has 0 bridgehead atoms. The van der Waals surface area contributed by atoms with E-state index in [1.807, 2.05) is 11.3 Å². The van der Waals surface area contributed by atoms with E-state index in [-0.39, 0.29) is 6.85 Å². The number of benzene rings is 6. The van der Waals surface area contributed by atoms with Crippen LogP contribution in [0.3, 0.4) is 0 Å². The third-order valence-corrected chi connectivity index (χ3v) is 11.0. The lowest BCUT2D eigenvalue weighted by Gasteiger charge is -2.37. The number of anilines is 3. The van der Waals surface area contributed by atoms with Crippen LogP contribution >= 0.6 is 11.3 Å². The van der Waals surface area contributed by atoms with E-state index >= 15 is 0 Å². The van der Waals surface area contributed by atoms with Crippen molar-refractivity contribution in [1.82, 2.24) is 9.05 Å². The van der Waals surface area contributed by atoms with E-state index in [4.69, 9.17) is 0 Å². The van der Waals surface area contributed by atoms with Gasteiger partial charge in [0.25, 0.3) is 0 Å². The summed E-state index contributed by atoms with van der Waals surface area (Å²) in [6, 6.07) is 51.1. The molecule has 0 amide bonds. The van der Waals surface area contributed by atoms with Gasteiger partial charge in [0.1, 0.15) is 0 Å². The Morgan fingerprint density at radius 3 is 1.98 bits per heavy atom. The number of rotatable bonds is 2. The molecule has 5 heterocycles. The van der Waals surface area contributed by atoms with Crippen LogP contribution in [-0.2, 0) is 0 Å². The summed E-state index contributed by atoms with van der Waals surface area (Å²) in [7, 11) is 0. The molecular weight excluding hydrogens is 565 g/mol. The minimum Gasteiger partial charge on any atom is -0.375 e. The zero-order valence-electron chi connectivity index (χ0n) is 24.2. The molecule has 45 heavy (non-hydrogen) atoms. The molecule has 208 valence electrons. The molecule has 0 unspecified atom stereocenters. The van der Waals surface area contributed by atoms with Crippen molar-refractivity contribution in [2.75, 3.05) is 4.90 Å².